The molecule has 2 atom stereocenters. The van der Waals surface area contributed by atoms with Crippen LogP contribution in [-0.2, 0) is 0 Å². The molecule has 8 nitrogen and oxygen atoms in total. The summed E-state index contributed by atoms with van der Waals surface area (Å²) < 4.78 is 0. The van der Waals surface area contributed by atoms with Crippen molar-refractivity contribution in [1.82, 2.24) is 14.9 Å². The van der Waals surface area contributed by atoms with Crippen molar-refractivity contribution in [3.8, 4) is 0 Å². The molecule has 0 aliphatic carbocycles. The first-order chi connectivity index (χ1) is 14.4. The summed E-state index contributed by atoms with van der Waals surface area (Å²) in [5.74, 6) is 0.526. The van der Waals surface area contributed by atoms with Crippen molar-refractivity contribution in [1.29, 1.82) is 0 Å². The highest BCUT2D eigenvalue weighted by molar-refractivity contribution is 6.32. The number of hydrogen-bond acceptors (Lipinski definition) is 6. The molecule has 30 heavy (non-hydrogen) atoms. The zero-order valence-corrected chi connectivity index (χ0v) is 17.4. The molecule has 3 N–H and O–H groups in total. The van der Waals surface area contributed by atoms with E-state index in [0.717, 1.165) is 16.8 Å². The van der Waals surface area contributed by atoms with E-state index in [9.17, 15) is 15.0 Å². The molecule has 2 amide bonds. The Balaban J connectivity index is 1.40. The maximum absolute atomic E-state index is 12.5. The smallest absolute Gasteiger partial charge is 0.323 e. The van der Waals surface area contributed by atoms with Gasteiger partial charge in [0.2, 0.25) is 0 Å². The van der Waals surface area contributed by atoms with Crippen LogP contribution in [0.3, 0.4) is 0 Å². The van der Waals surface area contributed by atoms with E-state index in [1.54, 1.807) is 29.4 Å². The molecule has 2 aliphatic rings. The number of carbonyl (C=O) groups excluding carboxylic acids is 1. The zero-order chi connectivity index (χ0) is 21.3. The van der Waals surface area contributed by atoms with Crippen LogP contribution in [0.1, 0.15) is 17.7 Å². The van der Waals surface area contributed by atoms with Gasteiger partial charge in [-0.2, -0.15) is 0 Å². The van der Waals surface area contributed by atoms with E-state index in [1.165, 1.54) is 0 Å². The highest BCUT2D eigenvalue weighted by atomic mass is 35.5. The van der Waals surface area contributed by atoms with E-state index in [4.69, 9.17) is 11.6 Å². The maximum Gasteiger partial charge on any atom is 0.323 e. The standard InChI is InChI=1S/C21H24ClN5O3/c1-13-2-3-19(23-9-13)25-21(30)26-6-4-14(5-7-26)20-16(22)8-15(10-24-20)27-11-17(28)18(29)12-27/h2-4,8-10,17-18,28-29H,5-7,11-12H2,1H3,(H,23,25,30)/t17-,18+. The van der Waals surface area contributed by atoms with Gasteiger partial charge >= 0.3 is 6.03 Å². The number of halogens is 1. The highest BCUT2D eigenvalue weighted by Gasteiger charge is 2.30. The fourth-order valence-corrected chi connectivity index (χ4v) is 3.90. The molecule has 0 saturated carbocycles. The molecule has 2 aromatic rings. The third kappa shape index (κ3) is 4.40. The lowest BCUT2D eigenvalue weighted by atomic mass is 10.0. The number of hydrogen-bond donors (Lipinski definition) is 3. The van der Waals surface area contributed by atoms with Gasteiger partial charge in [0.05, 0.1) is 34.8 Å². The van der Waals surface area contributed by atoms with Gasteiger partial charge in [0.15, 0.2) is 0 Å². The number of aryl methyl sites for hydroxylation is 1. The number of pyridine rings is 2. The van der Waals surface area contributed by atoms with Gasteiger partial charge in [-0.1, -0.05) is 23.7 Å². The van der Waals surface area contributed by atoms with E-state index < -0.39 is 12.2 Å². The molecule has 158 valence electrons. The first kappa shape index (κ1) is 20.6. The fourth-order valence-electron chi connectivity index (χ4n) is 3.62. The number of rotatable bonds is 3. The van der Waals surface area contributed by atoms with Crippen LogP contribution in [0, 0.1) is 6.92 Å². The lowest BCUT2D eigenvalue weighted by Gasteiger charge is -2.27. The molecule has 0 radical (unpaired) electrons. The summed E-state index contributed by atoms with van der Waals surface area (Å²) in [6, 6.07) is 5.29. The number of nitrogens with zero attached hydrogens (tertiary/aromatic N) is 4. The number of urea groups is 1. The fraction of sp³-hybridized carbons (Fsp3) is 0.381. The second kappa shape index (κ2) is 8.59. The summed E-state index contributed by atoms with van der Waals surface area (Å²) in [5.41, 5.74) is 3.49. The average Bonchev–Trinajstić information content (AvgIpc) is 3.08. The second-order valence-electron chi connectivity index (χ2n) is 7.64. The van der Waals surface area contributed by atoms with Crippen LogP contribution in [-0.4, -0.2) is 69.5 Å². The van der Waals surface area contributed by atoms with Crippen LogP contribution in [0.5, 0.6) is 0 Å². The molecular formula is C21H24ClN5O3. The van der Waals surface area contributed by atoms with Gasteiger partial charge in [-0.25, -0.2) is 9.78 Å². The van der Waals surface area contributed by atoms with E-state index in [1.807, 2.05) is 24.0 Å². The first-order valence-electron chi connectivity index (χ1n) is 9.85. The lowest BCUT2D eigenvalue weighted by molar-refractivity contribution is 0.0572. The molecule has 4 rings (SSSR count). The Hall–Kier alpha value is -2.68. The van der Waals surface area contributed by atoms with Gasteiger partial charge in [-0.05, 0) is 36.6 Å². The van der Waals surface area contributed by atoms with Gasteiger partial charge in [-0.3, -0.25) is 10.3 Å². The van der Waals surface area contributed by atoms with Crippen molar-refractivity contribution in [3.63, 3.8) is 0 Å². The molecule has 0 unspecified atom stereocenters. The van der Waals surface area contributed by atoms with Gasteiger partial charge in [0.25, 0.3) is 0 Å². The Morgan fingerprint density at radius 3 is 2.57 bits per heavy atom. The van der Waals surface area contributed by atoms with Crippen molar-refractivity contribution in [3.05, 3.63) is 52.9 Å². The van der Waals surface area contributed by atoms with Crippen molar-refractivity contribution in [2.45, 2.75) is 25.6 Å². The number of aliphatic hydroxyl groups is 2. The first-order valence-corrected chi connectivity index (χ1v) is 10.2. The minimum Gasteiger partial charge on any atom is -0.389 e. The third-order valence-electron chi connectivity index (χ3n) is 5.40. The summed E-state index contributed by atoms with van der Waals surface area (Å²) in [4.78, 5) is 24.7. The van der Waals surface area contributed by atoms with E-state index in [0.29, 0.717) is 49.1 Å². The number of amides is 2. The quantitative estimate of drug-likeness (QED) is 0.692. The minimum absolute atomic E-state index is 0.192. The van der Waals surface area contributed by atoms with E-state index in [2.05, 4.69) is 15.3 Å². The summed E-state index contributed by atoms with van der Waals surface area (Å²) in [5, 5.41) is 22.8. The summed E-state index contributed by atoms with van der Waals surface area (Å²) >= 11 is 6.48. The predicted molar refractivity (Wildman–Crippen MR) is 116 cm³/mol. The molecule has 1 fully saturated rings. The van der Waals surface area contributed by atoms with Crippen LogP contribution in [0.15, 0.2) is 36.7 Å². The lowest BCUT2D eigenvalue weighted by Crippen LogP contribution is -2.38. The normalized spacial score (nSPS) is 21.5. The Kier molecular flexibility index (Phi) is 5.90. The Morgan fingerprint density at radius 2 is 1.97 bits per heavy atom. The third-order valence-corrected chi connectivity index (χ3v) is 5.69. The van der Waals surface area contributed by atoms with Crippen LogP contribution < -0.4 is 10.2 Å². The van der Waals surface area contributed by atoms with E-state index >= 15 is 0 Å². The van der Waals surface area contributed by atoms with Crippen molar-refractivity contribution >= 4 is 34.7 Å². The minimum atomic E-state index is -0.767. The van der Waals surface area contributed by atoms with Crippen LogP contribution in [0.4, 0.5) is 16.3 Å². The van der Waals surface area contributed by atoms with E-state index in [-0.39, 0.29) is 6.03 Å². The van der Waals surface area contributed by atoms with Crippen LogP contribution in [0.25, 0.3) is 5.57 Å². The number of anilines is 2. The number of carbonyl (C=O) groups is 1. The maximum atomic E-state index is 12.5. The van der Waals surface area contributed by atoms with Crippen LogP contribution >= 0.6 is 11.6 Å². The summed E-state index contributed by atoms with van der Waals surface area (Å²) in [6.45, 7) is 3.65. The molecule has 2 aromatic heterocycles. The highest BCUT2D eigenvalue weighted by Crippen LogP contribution is 2.31. The molecule has 1 saturated heterocycles. The monoisotopic (exact) mass is 429 g/mol. The topological polar surface area (TPSA) is 102 Å². The van der Waals surface area contributed by atoms with Crippen LogP contribution in [0.2, 0.25) is 5.02 Å². The largest absolute Gasteiger partial charge is 0.389 e. The molecular weight excluding hydrogens is 406 g/mol. The molecule has 0 bridgehead atoms. The Morgan fingerprint density at radius 1 is 1.20 bits per heavy atom. The second-order valence-corrected chi connectivity index (χ2v) is 8.05. The number of aliphatic hydroxyl groups excluding tert-OH is 2. The summed E-state index contributed by atoms with van der Waals surface area (Å²) in [6.07, 6.45) is 4.48. The predicted octanol–water partition coefficient (Wildman–Crippen LogP) is 2.30. The number of nitrogens with one attached hydrogen (secondary N) is 1. The molecule has 0 aromatic carbocycles. The molecule has 9 heteroatoms. The molecule has 0 spiro atoms. The Labute approximate surface area is 179 Å². The number of β-amino-alcohol motifs (C(OH)–C–C–N with tert-alkyl or cyclic N) is 2. The van der Waals surface area contributed by atoms with Gasteiger partial charge in [0.1, 0.15) is 5.82 Å². The summed E-state index contributed by atoms with van der Waals surface area (Å²) in [7, 11) is 0. The molecule has 2 aliphatic heterocycles. The van der Waals surface area contributed by atoms with Gasteiger partial charge in [-0.15, -0.1) is 0 Å². The van der Waals surface area contributed by atoms with Crippen molar-refractivity contribution in [2.75, 3.05) is 36.4 Å². The SMILES string of the molecule is Cc1ccc(NC(=O)N2CC=C(c3ncc(N4C[C@@H](O)[C@@H](O)C4)cc3Cl)CC2)nc1. The van der Waals surface area contributed by atoms with Crippen molar-refractivity contribution < 1.29 is 15.0 Å². The molecule has 4 heterocycles. The zero-order valence-electron chi connectivity index (χ0n) is 16.6. The van der Waals surface area contributed by atoms with Gasteiger partial charge < -0.3 is 20.0 Å². The Bertz CT molecular complexity index is 956. The number of aromatic nitrogens is 2. The van der Waals surface area contributed by atoms with Gasteiger partial charge in [0, 0.05) is 32.4 Å². The average molecular weight is 430 g/mol. The van der Waals surface area contributed by atoms with Crippen molar-refractivity contribution in [2.24, 2.45) is 0 Å².